The third-order valence-corrected chi connectivity index (χ3v) is 4.83. The average molecular weight is 203 g/mol. The second kappa shape index (κ2) is 3.24. The second-order valence-electron chi connectivity index (χ2n) is 4.30. The minimum Gasteiger partial charge on any atom is -0.300 e. The van der Waals surface area contributed by atoms with Gasteiger partial charge in [0.15, 0.2) is 0 Å². The summed E-state index contributed by atoms with van der Waals surface area (Å²) in [5.41, 5.74) is 0. The lowest BCUT2D eigenvalue weighted by molar-refractivity contribution is 0.221. The van der Waals surface area contributed by atoms with Crippen molar-refractivity contribution < 1.29 is 8.42 Å². The van der Waals surface area contributed by atoms with Gasteiger partial charge in [-0.2, -0.15) is 0 Å². The Morgan fingerprint density at radius 2 is 1.62 bits per heavy atom. The van der Waals surface area contributed by atoms with Gasteiger partial charge in [0.1, 0.15) is 9.84 Å². The first-order valence-electron chi connectivity index (χ1n) is 5.00. The van der Waals surface area contributed by atoms with Gasteiger partial charge in [-0.25, -0.2) is 8.42 Å². The van der Waals surface area contributed by atoms with Gasteiger partial charge in [-0.15, -0.1) is 0 Å². The average Bonchev–Trinajstić information content (AvgIpc) is 2.85. The zero-order valence-electron chi connectivity index (χ0n) is 8.07. The summed E-state index contributed by atoms with van der Waals surface area (Å²) >= 11 is 0. The predicted octanol–water partition coefficient (Wildman–Crippen LogP) is 0.658. The van der Waals surface area contributed by atoms with E-state index in [0.29, 0.717) is 0 Å². The van der Waals surface area contributed by atoms with Crippen LogP contribution < -0.4 is 0 Å². The molecule has 0 aromatic heterocycles. The van der Waals surface area contributed by atoms with E-state index >= 15 is 0 Å². The number of likely N-dealkylation sites (tertiary alicyclic amines) is 1. The molecular formula is C9H17NO2S. The maximum Gasteiger partial charge on any atom is 0.150 e. The summed E-state index contributed by atoms with van der Waals surface area (Å²) in [5, 5.41) is -0.0671. The maximum absolute atomic E-state index is 11.3. The van der Waals surface area contributed by atoms with E-state index in [0.717, 1.165) is 32.0 Å². The summed E-state index contributed by atoms with van der Waals surface area (Å²) in [6, 6.07) is 0.792. The van der Waals surface area contributed by atoms with Crippen LogP contribution in [0.15, 0.2) is 0 Å². The summed E-state index contributed by atoms with van der Waals surface area (Å²) < 4.78 is 22.5. The molecule has 1 aliphatic carbocycles. The number of nitrogens with zero attached hydrogens (tertiary/aromatic N) is 1. The number of rotatable bonds is 2. The minimum absolute atomic E-state index is 0.0671. The van der Waals surface area contributed by atoms with Gasteiger partial charge < -0.3 is 4.90 Å². The fourth-order valence-electron chi connectivity index (χ4n) is 2.11. The van der Waals surface area contributed by atoms with E-state index in [-0.39, 0.29) is 5.25 Å². The Bertz CT molecular complexity index is 274. The number of piperidine rings is 1. The molecule has 2 fully saturated rings. The first-order chi connectivity index (χ1) is 6.07. The molecule has 2 rings (SSSR count). The molecule has 0 unspecified atom stereocenters. The first-order valence-corrected chi connectivity index (χ1v) is 6.96. The molecule has 0 amide bonds. The van der Waals surface area contributed by atoms with Crippen molar-refractivity contribution in [1.29, 1.82) is 0 Å². The van der Waals surface area contributed by atoms with Crippen LogP contribution in [0, 0.1) is 0 Å². The minimum atomic E-state index is -2.78. The molecule has 0 radical (unpaired) electrons. The van der Waals surface area contributed by atoms with Crippen LogP contribution in [0.25, 0.3) is 0 Å². The number of sulfone groups is 1. The normalized spacial score (nSPS) is 27.8. The second-order valence-corrected chi connectivity index (χ2v) is 6.62. The SMILES string of the molecule is CS(=O)(=O)C1CCN(C2CC2)CC1. The van der Waals surface area contributed by atoms with Crippen molar-refractivity contribution in [2.45, 2.75) is 37.0 Å². The lowest BCUT2D eigenvalue weighted by Crippen LogP contribution is -2.40. The van der Waals surface area contributed by atoms with Crippen molar-refractivity contribution in [3.63, 3.8) is 0 Å². The van der Waals surface area contributed by atoms with Gasteiger partial charge in [0, 0.05) is 12.3 Å². The molecule has 0 bridgehead atoms. The Labute approximate surface area is 80.0 Å². The van der Waals surface area contributed by atoms with Gasteiger partial charge in [-0.1, -0.05) is 0 Å². The Hall–Kier alpha value is -0.0900. The van der Waals surface area contributed by atoms with E-state index in [9.17, 15) is 8.42 Å². The Morgan fingerprint density at radius 3 is 2.00 bits per heavy atom. The van der Waals surface area contributed by atoms with Gasteiger partial charge in [-0.05, 0) is 38.8 Å². The van der Waals surface area contributed by atoms with Crippen LogP contribution in [0.3, 0.4) is 0 Å². The fraction of sp³-hybridized carbons (Fsp3) is 1.00. The topological polar surface area (TPSA) is 37.4 Å². The van der Waals surface area contributed by atoms with Crippen molar-refractivity contribution in [2.75, 3.05) is 19.3 Å². The zero-order chi connectivity index (χ0) is 9.47. The Morgan fingerprint density at radius 1 is 1.08 bits per heavy atom. The quantitative estimate of drug-likeness (QED) is 0.661. The smallest absolute Gasteiger partial charge is 0.150 e. The van der Waals surface area contributed by atoms with Gasteiger partial charge >= 0.3 is 0 Å². The van der Waals surface area contributed by atoms with Crippen molar-refractivity contribution in [2.24, 2.45) is 0 Å². The molecule has 0 spiro atoms. The molecule has 1 heterocycles. The van der Waals surface area contributed by atoms with Crippen molar-refractivity contribution >= 4 is 9.84 Å². The molecule has 1 saturated carbocycles. The molecule has 0 atom stereocenters. The summed E-state index contributed by atoms with van der Waals surface area (Å²) in [6.45, 7) is 1.98. The number of hydrogen-bond acceptors (Lipinski definition) is 3. The van der Waals surface area contributed by atoms with E-state index in [4.69, 9.17) is 0 Å². The highest BCUT2D eigenvalue weighted by Crippen LogP contribution is 2.30. The van der Waals surface area contributed by atoms with Gasteiger partial charge in [0.05, 0.1) is 5.25 Å². The largest absolute Gasteiger partial charge is 0.300 e. The fourth-order valence-corrected chi connectivity index (χ4v) is 3.18. The van der Waals surface area contributed by atoms with Crippen molar-refractivity contribution in [3.05, 3.63) is 0 Å². The molecule has 3 nitrogen and oxygen atoms in total. The van der Waals surface area contributed by atoms with E-state index < -0.39 is 9.84 Å². The van der Waals surface area contributed by atoms with Crippen molar-refractivity contribution in [1.82, 2.24) is 4.90 Å². The lowest BCUT2D eigenvalue weighted by atomic mass is 10.1. The lowest BCUT2D eigenvalue weighted by Gasteiger charge is -2.30. The van der Waals surface area contributed by atoms with Crippen LogP contribution in [0.2, 0.25) is 0 Å². The molecule has 1 saturated heterocycles. The third-order valence-electron chi connectivity index (χ3n) is 3.15. The molecular weight excluding hydrogens is 186 g/mol. The van der Waals surface area contributed by atoms with E-state index in [2.05, 4.69) is 4.90 Å². The van der Waals surface area contributed by atoms with Gasteiger partial charge in [0.2, 0.25) is 0 Å². The van der Waals surface area contributed by atoms with Crippen LogP contribution in [0.5, 0.6) is 0 Å². The van der Waals surface area contributed by atoms with E-state index in [1.807, 2.05) is 0 Å². The first kappa shape index (κ1) is 9.46. The molecule has 1 aliphatic heterocycles. The predicted molar refractivity (Wildman–Crippen MR) is 52.5 cm³/mol. The van der Waals surface area contributed by atoms with Gasteiger partial charge in [0.25, 0.3) is 0 Å². The molecule has 13 heavy (non-hydrogen) atoms. The van der Waals surface area contributed by atoms with Crippen molar-refractivity contribution in [3.8, 4) is 0 Å². The van der Waals surface area contributed by atoms with Crippen LogP contribution >= 0.6 is 0 Å². The summed E-state index contributed by atoms with van der Waals surface area (Å²) in [6.07, 6.45) is 5.70. The zero-order valence-corrected chi connectivity index (χ0v) is 8.89. The molecule has 4 heteroatoms. The number of hydrogen-bond donors (Lipinski definition) is 0. The molecule has 0 N–H and O–H groups in total. The Balaban J connectivity index is 1.88. The maximum atomic E-state index is 11.3. The Kier molecular flexibility index (Phi) is 2.36. The monoisotopic (exact) mass is 203 g/mol. The highest BCUT2D eigenvalue weighted by atomic mass is 32.2. The van der Waals surface area contributed by atoms with Crippen LogP contribution in [0.1, 0.15) is 25.7 Å². The van der Waals surface area contributed by atoms with Crippen LogP contribution in [-0.4, -0.2) is 44.0 Å². The standard InChI is InChI=1S/C9H17NO2S/c1-13(11,12)9-4-6-10(7-5-9)8-2-3-8/h8-9H,2-7H2,1H3. The van der Waals surface area contributed by atoms with Crippen LogP contribution in [0.4, 0.5) is 0 Å². The van der Waals surface area contributed by atoms with Crippen LogP contribution in [-0.2, 0) is 9.84 Å². The molecule has 2 aliphatic rings. The highest BCUT2D eigenvalue weighted by molar-refractivity contribution is 7.91. The molecule has 76 valence electrons. The highest BCUT2D eigenvalue weighted by Gasteiger charge is 2.34. The molecule has 0 aromatic rings. The summed E-state index contributed by atoms with van der Waals surface area (Å²) in [5.74, 6) is 0. The van der Waals surface area contributed by atoms with E-state index in [1.165, 1.54) is 19.1 Å². The summed E-state index contributed by atoms with van der Waals surface area (Å²) in [7, 11) is -2.78. The van der Waals surface area contributed by atoms with E-state index in [1.54, 1.807) is 0 Å². The van der Waals surface area contributed by atoms with Gasteiger partial charge in [-0.3, -0.25) is 0 Å². The summed E-state index contributed by atoms with van der Waals surface area (Å²) in [4.78, 5) is 2.45. The molecule has 0 aromatic carbocycles. The third kappa shape index (κ3) is 2.23.